The molecule has 2 N–H and O–H groups in total. The number of rotatable bonds is 0. The molecule has 2 bridgehead atoms. The summed E-state index contributed by atoms with van der Waals surface area (Å²) >= 11 is 0. The van der Waals surface area contributed by atoms with Crippen LogP contribution in [0.1, 0.15) is 66.7 Å². The molecule has 0 aromatic carbocycles. The van der Waals surface area contributed by atoms with Gasteiger partial charge in [-0.25, -0.2) is 0 Å². The number of esters is 1. The number of ketones is 1. The standard InChI is InChI=1S/C29H36O6/c1-13-7-8-28-10-9-27(6)26(5)12-16(30)18-15(3)19(32)17(31)11-25(18,4)22(26)20-23(34-20)29(27,35-24(28)33)21(28)14(13)2/h11,14,16,20-23,30-31H,1,7-10,12H2,2-6H3/t14-,16+,20-,21+,22+,23-,25-,26+,27-,28-,29+/m0/s1. The van der Waals surface area contributed by atoms with Gasteiger partial charge in [-0.2, -0.15) is 0 Å². The zero-order valence-corrected chi connectivity index (χ0v) is 21.3. The molecule has 6 heteroatoms. The fourth-order valence-corrected chi connectivity index (χ4v) is 10.9. The van der Waals surface area contributed by atoms with Crippen molar-refractivity contribution in [3.63, 3.8) is 0 Å². The molecule has 0 aromatic heterocycles. The summed E-state index contributed by atoms with van der Waals surface area (Å²) < 4.78 is 13.2. The minimum atomic E-state index is -0.818. The van der Waals surface area contributed by atoms with E-state index in [0.29, 0.717) is 17.6 Å². The molecule has 7 aliphatic rings. The molecule has 2 saturated heterocycles. The van der Waals surface area contributed by atoms with Crippen LogP contribution in [0.3, 0.4) is 0 Å². The van der Waals surface area contributed by atoms with Gasteiger partial charge in [-0.1, -0.05) is 39.8 Å². The van der Waals surface area contributed by atoms with E-state index in [0.717, 1.165) is 25.7 Å². The monoisotopic (exact) mass is 480 g/mol. The molecule has 2 aliphatic heterocycles. The summed E-state index contributed by atoms with van der Waals surface area (Å²) in [6.45, 7) is 14.8. The van der Waals surface area contributed by atoms with Gasteiger partial charge in [-0.3, -0.25) is 9.59 Å². The fourth-order valence-electron chi connectivity index (χ4n) is 10.9. The molecule has 11 atom stereocenters. The number of ether oxygens (including phenoxy) is 2. The summed E-state index contributed by atoms with van der Waals surface area (Å²) in [5.74, 6) is -0.628. The molecule has 0 unspecified atom stereocenters. The molecule has 0 aromatic rings. The van der Waals surface area contributed by atoms with E-state index in [-0.39, 0.29) is 41.7 Å². The smallest absolute Gasteiger partial charge is 0.313 e. The molecule has 1 spiro atoms. The van der Waals surface area contributed by atoms with Gasteiger partial charge >= 0.3 is 5.97 Å². The quantitative estimate of drug-likeness (QED) is 0.307. The molecule has 188 valence electrons. The van der Waals surface area contributed by atoms with Crippen molar-refractivity contribution in [2.75, 3.05) is 0 Å². The Bertz CT molecular complexity index is 1200. The highest BCUT2D eigenvalue weighted by Gasteiger charge is 2.89. The van der Waals surface area contributed by atoms with Crippen LogP contribution < -0.4 is 0 Å². The van der Waals surface area contributed by atoms with Crippen molar-refractivity contribution in [2.45, 2.75) is 90.6 Å². The van der Waals surface area contributed by atoms with Crippen molar-refractivity contribution in [1.29, 1.82) is 0 Å². The van der Waals surface area contributed by atoms with Crippen LogP contribution in [-0.4, -0.2) is 45.9 Å². The van der Waals surface area contributed by atoms with Crippen molar-refractivity contribution in [1.82, 2.24) is 0 Å². The van der Waals surface area contributed by atoms with E-state index >= 15 is 0 Å². The second-order valence-electron chi connectivity index (χ2n) is 13.4. The molecular weight excluding hydrogens is 444 g/mol. The Hall–Kier alpha value is -1.92. The lowest BCUT2D eigenvalue weighted by molar-refractivity contribution is -0.248. The molecule has 0 radical (unpaired) electrons. The normalized spacial score (nSPS) is 57.9. The molecule has 7 rings (SSSR count). The van der Waals surface area contributed by atoms with Gasteiger partial charge < -0.3 is 19.7 Å². The van der Waals surface area contributed by atoms with Gasteiger partial charge in [0.25, 0.3) is 0 Å². The first-order valence-electron chi connectivity index (χ1n) is 13.2. The van der Waals surface area contributed by atoms with E-state index < -0.39 is 39.1 Å². The summed E-state index contributed by atoms with van der Waals surface area (Å²) in [5.41, 5.74) is -0.513. The Morgan fingerprint density at radius 2 is 1.83 bits per heavy atom. The van der Waals surface area contributed by atoms with E-state index in [1.807, 2.05) is 6.92 Å². The maximum Gasteiger partial charge on any atom is 0.313 e. The Labute approximate surface area is 206 Å². The van der Waals surface area contributed by atoms with Gasteiger partial charge in [-0.15, -0.1) is 0 Å². The number of carbonyl (C=O) groups excluding carboxylic acids is 2. The minimum absolute atomic E-state index is 0.00998. The molecule has 2 heterocycles. The fraction of sp³-hybridized carbons (Fsp3) is 0.724. The number of aliphatic hydroxyl groups excluding tert-OH is 2. The van der Waals surface area contributed by atoms with E-state index in [1.165, 1.54) is 5.57 Å². The number of epoxide rings is 1. The van der Waals surface area contributed by atoms with Gasteiger partial charge in [0.2, 0.25) is 5.78 Å². The first-order valence-corrected chi connectivity index (χ1v) is 13.2. The zero-order valence-electron chi connectivity index (χ0n) is 21.3. The third kappa shape index (κ3) is 2.01. The number of carbonyl (C=O) groups is 2. The topological polar surface area (TPSA) is 96.4 Å². The second-order valence-corrected chi connectivity index (χ2v) is 13.4. The number of fused-ring (bicyclic) bond motifs is 6. The summed E-state index contributed by atoms with van der Waals surface area (Å²) in [6.07, 6.45) is 4.18. The Balaban J connectivity index is 1.46. The highest BCUT2D eigenvalue weighted by molar-refractivity contribution is 6.08. The van der Waals surface area contributed by atoms with Crippen LogP contribution in [-0.2, 0) is 19.1 Å². The number of hydrogen-bond acceptors (Lipinski definition) is 6. The van der Waals surface area contributed by atoms with Crippen LogP contribution in [0.5, 0.6) is 0 Å². The van der Waals surface area contributed by atoms with Crippen molar-refractivity contribution in [2.24, 2.45) is 39.4 Å². The maximum absolute atomic E-state index is 13.7. The highest BCUT2D eigenvalue weighted by Crippen LogP contribution is 2.82. The predicted octanol–water partition coefficient (Wildman–Crippen LogP) is 4.19. The lowest BCUT2D eigenvalue weighted by Crippen LogP contribution is -2.74. The molecule has 0 amide bonds. The van der Waals surface area contributed by atoms with Gasteiger partial charge in [-0.05, 0) is 62.0 Å². The van der Waals surface area contributed by atoms with Crippen LogP contribution in [0.4, 0.5) is 0 Å². The van der Waals surface area contributed by atoms with Crippen LogP contribution in [0.2, 0.25) is 0 Å². The summed E-state index contributed by atoms with van der Waals surface area (Å²) in [4.78, 5) is 26.4. The van der Waals surface area contributed by atoms with Crippen molar-refractivity contribution in [3.8, 4) is 0 Å². The molecule has 5 aliphatic carbocycles. The first-order chi connectivity index (χ1) is 16.3. The summed E-state index contributed by atoms with van der Waals surface area (Å²) in [5, 5.41) is 22.3. The van der Waals surface area contributed by atoms with Gasteiger partial charge in [0.1, 0.15) is 6.10 Å². The van der Waals surface area contributed by atoms with Gasteiger partial charge in [0.15, 0.2) is 11.4 Å². The third-order valence-electron chi connectivity index (χ3n) is 12.5. The maximum atomic E-state index is 13.7. The highest BCUT2D eigenvalue weighted by atomic mass is 16.6. The summed E-state index contributed by atoms with van der Waals surface area (Å²) in [7, 11) is 0. The van der Waals surface area contributed by atoms with Crippen molar-refractivity contribution >= 4 is 11.8 Å². The SMILES string of the molecule is C=C1CC[C@@]23CC[C@]4(C)[C@@](OC2=O)([C@@H]3[C@H]1C)[C@H]1O[C@H]1[C@@H]1[C@@]2(C)C=C(O)C(=O)C(C)=C2[C@H](O)C[C@]14C. The van der Waals surface area contributed by atoms with Crippen LogP contribution in [0, 0.1) is 39.4 Å². The van der Waals surface area contributed by atoms with E-state index in [1.54, 1.807) is 13.0 Å². The second kappa shape index (κ2) is 5.96. The minimum Gasteiger partial charge on any atom is -0.504 e. The van der Waals surface area contributed by atoms with Gasteiger partial charge in [0.05, 0.1) is 17.6 Å². The largest absolute Gasteiger partial charge is 0.504 e. The lowest BCUT2D eigenvalue weighted by atomic mass is 9.32. The average Bonchev–Trinajstić information content (AvgIpc) is 3.52. The van der Waals surface area contributed by atoms with E-state index in [4.69, 9.17) is 9.47 Å². The van der Waals surface area contributed by atoms with Crippen LogP contribution in [0.25, 0.3) is 0 Å². The number of allylic oxidation sites excluding steroid dienone is 3. The number of Topliss-reactive ketones (excluding diaryl/α,β-unsaturated/α-hetero) is 1. The van der Waals surface area contributed by atoms with Crippen LogP contribution >= 0.6 is 0 Å². The van der Waals surface area contributed by atoms with Crippen LogP contribution in [0.15, 0.2) is 35.1 Å². The Morgan fingerprint density at radius 3 is 2.54 bits per heavy atom. The number of hydrogen-bond donors (Lipinski definition) is 2. The lowest BCUT2D eigenvalue weighted by Gasteiger charge is -2.70. The summed E-state index contributed by atoms with van der Waals surface area (Å²) in [6, 6.07) is 0. The zero-order chi connectivity index (χ0) is 25.1. The predicted molar refractivity (Wildman–Crippen MR) is 127 cm³/mol. The molecule has 4 saturated carbocycles. The molecular formula is C29H36O6. The van der Waals surface area contributed by atoms with Crippen molar-refractivity contribution < 1.29 is 29.3 Å². The molecule has 6 nitrogen and oxygen atoms in total. The Kier molecular flexibility index (Phi) is 3.80. The van der Waals surface area contributed by atoms with E-state index in [9.17, 15) is 19.8 Å². The Morgan fingerprint density at radius 1 is 1.11 bits per heavy atom. The van der Waals surface area contributed by atoms with Gasteiger partial charge in [0, 0.05) is 28.2 Å². The molecule has 35 heavy (non-hydrogen) atoms. The van der Waals surface area contributed by atoms with Crippen molar-refractivity contribution in [3.05, 3.63) is 35.1 Å². The van der Waals surface area contributed by atoms with E-state index in [2.05, 4.69) is 27.4 Å². The average molecular weight is 481 g/mol. The number of aliphatic hydroxyl groups is 2. The first kappa shape index (κ1) is 22.3. The molecule has 6 fully saturated rings. The third-order valence-corrected chi connectivity index (χ3v) is 12.5.